The number of carbonyl (C=O) groups is 1. The Balaban J connectivity index is 0.000000826. The summed E-state index contributed by atoms with van der Waals surface area (Å²) >= 11 is 0. The van der Waals surface area contributed by atoms with Crippen molar-refractivity contribution in [1.82, 2.24) is 9.97 Å². The molecule has 1 aliphatic rings. The molecule has 36 heavy (non-hydrogen) atoms. The second-order valence-electron chi connectivity index (χ2n) is 11.7. The highest BCUT2D eigenvalue weighted by molar-refractivity contribution is 5.82. The summed E-state index contributed by atoms with van der Waals surface area (Å²) in [5.41, 5.74) is 6.37. The van der Waals surface area contributed by atoms with Crippen molar-refractivity contribution in [2.45, 2.75) is 93.1 Å². The maximum Gasteiger partial charge on any atom is 0.124 e. The number of aliphatic hydroxyl groups is 2. The number of nitrogens with zero attached hydrogens (tertiary/aromatic N) is 3. The average Bonchev–Trinajstić information content (AvgIpc) is 2.80. The van der Waals surface area contributed by atoms with E-state index in [9.17, 15) is 4.79 Å². The summed E-state index contributed by atoms with van der Waals surface area (Å²) in [5.74, 6) is 0.679. The van der Waals surface area contributed by atoms with Gasteiger partial charge in [0, 0.05) is 67.1 Å². The second-order valence-corrected chi connectivity index (χ2v) is 11.7. The van der Waals surface area contributed by atoms with Crippen LogP contribution < -0.4 is 4.90 Å². The van der Waals surface area contributed by atoms with Crippen LogP contribution in [0.15, 0.2) is 24.5 Å². The van der Waals surface area contributed by atoms with Crippen molar-refractivity contribution in [3.8, 4) is 11.1 Å². The van der Waals surface area contributed by atoms with Gasteiger partial charge in [0.15, 0.2) is 0 Å². The van der Waals surface area contributed by atoms with E-state index in [2.05, 4.69) is 49.7 Å². The molecule has 2 aromatic rings. The van der Waals surface area contributed by atoms with Crippen molar-refractivity contribution >= 4 is 12.0 Å². The Morgan fingerprint density at radius 3 is 2.14 bits per heavy atom. The predicted molar refractivity (Wildman–Crippen MR) is 150 cm³/mol. The standard InChI is InChI=1S/C25H35N3O.C4H10O.CH4O/c1-18(2)6-8-21-9-7-20(16-27-21)23-17-26-19(3)22(10-15-29)24(23)28-13-11-25(4,5)12-14-28;1-4(2,3)5;1-2/h7,9,15-18H,6,8,10-14H2,1-5H3;5H,1-3H3;2H,1H3. The van der Waals surface area contributed by atoms with Gasteiger partial charge in [0.05, 0.1) is 11.3 Å². The molecule has 0 aromatic carbocycles. The molecule has 0 radical (unpaired) electrons. The third-order valence-corrected chi connectivity index (χ3v) is 6.20. The van der Waals surface area contributed by atoms with Gasteiger partial charge in [-0.05, 0) is 70.8 Å². The van der Waals surface area contributed by atoms with Crippen LogP contribution in [0.4, 0.5) is 5.69 Å². The Morgan fingerprint density at radius 1 is 1.08 bits per heavy atom. The van der Waals surface area contributed by atoms with E-state index in [1.807, 2.05) is 19.3 Å². The Labute approximate surface area is 219 Å². The van der Waals surface area contributed by atoms with Gasteiger partial charge in [-0.3, -0.25) is 9.97 Å². The van der Waals surface area contributed by atoms with E-state index in [0.717, 1.165) is 80.2 Å². The first-order chi connectivity index (χ1) is 16.8. The summed E-state index contributed by atoms with van der Waals surface area (Å²) in [6.07, 6.45) is 9.81. The van der Waals surface area contributed by atoms with Crippen molar-refractivity contribution < 1.29 is 15.0 Å². The molecule has 6 heteroatoms. The molecule has 0 unspecified atom stereocenters. The van der Waals surface area contributed by atoms with Crippen LogP contribution in [-0.2, 0) is 17.6 Å². The first-order valence-corrected chi connectivity index (χ1v) is 13.1. The topological polar surface area (TPSA) is 86.6 Å². The van der Waals surface area contributed by atoms with E-state index in [1.165, 1.54) is 5.69 Å². The summed E-state index contributed by atoms with van der Waals surface area (Å²) < 4.78 is 0. The molecule has 2 aromatic heterocycles. The first-order valence-electron chi connectivity index (χ1n) is 13.1. The molecule has 0 bridgehead atoms. The maximum atomic E-state index is 11.4. The monoisotopic (exact) mass is 499 g/mol. The lowest BCUT2D eigenvalue weighted by Crippen LogP contribution is -2.38. The van der Waals surface area contributed by atoms with Gasteiger partial charge < -0.3 is 19.9 Å². The van der Waals surface area contributed by atoms with Crippen molar-refractivity contribution in [3.63, 3.8) is 0 Å². The average molecular weight is 500 g/mol. The number of carbonyl (C=O) groups excluding carboxylic acids is 1. The number of pyridine rings is 2. The smallest absolute Gasteiger partial charge is 0.124 e. The summed E-state index contributed by atoms with van der Waals surface area (Å²) in [6.45, 7) is 18.4. The summed E-state index contributed by atoms with van der Waals surface area (Å²) in [6, 6.07) is 4.30. The Hall–Kier alpha value is -2.31. The molecule has 0 spiro atoms. The molecule has 3 rings (SSSR count). The number of hydrogen-bond acceptors (Lipinski definition) is 6. The zero-order valence-electron chi connectivity index (χ0n) is 24.1. The van der Waals surface area contributed by atoms with Crippen molar-refractivity contribution in [2.24, 2.45) is 11.3 Å². The quantitative estimate of drug-likeness (QED) is 0.469. The zero-order chi connectivity index (χ0) is 27.5. The summed E-state index contributed by atoms with van der Waals surface area (Å²) in [5, 5.41) is 15.5. The molecule has 0 atom stereocenters. The number of aryl methyl sites for hydroxylation is 2. The number of piperidine rings is 1. The molecule has 1 saturated heterocycles. The van der Waals surface area contributed by atoms with Gasteiger partial charge in [0.25, 0.3) is 0 Å². The molecule has 6 nitrogen and oxygen atoms in total. The van der Waals surface area contributed by atoms with E-state index in [1.54, 1.807) is 20.8 Å². The molecular weight excluding hydrogens is 450 g/mol. The Morgan fingerprint density at radius 2 is 1.67 bits per heavy atom. The second kappa shape index (κ2) is 14.4. The Kier molecular flexibility index (Phi) is 12.7. The normalized spacial score (nSPS) is 14.9. The highest BCUT2D eigenvalue weighted by Crippen LogP contribution is 2.39. The number of hydrogen-bond donors (Lipinski definition) is 2. The summed E-state index contributed by atoms with van der Waals surface area (Å²) in [4.78, 5) is 23.2. The van der Waals surface area contributed by atoms with Gasteiger partial charge in [0.2, 0.25) is 0 Å². The fourth-order valence-electron chi connectivity index (χ4n) is 4.04. The number of aliphatic hydroxyl groups excluding tert-OH is 1. The zero-order valence-corrected chi connectivity index (χ0v) is 24.1. The molecule has 0 amide bonds. The fraction of sp³-hybridized carbons (Fsp3) is 0.633. The van der Waals surface area contributed by atoms with Crippen LogP contribution in [0.1, 0.15) is 84.7 Å². The number of aromatic nitrogens is 2. The highest BCUT2D eigenvalue weighted by Gasteiger charge is 2.28. The lowest BCUT2D eigenvalue weighted by molar-refractivity contribution is -0.107. The first kappa shape index (κ1) is 31.7. The van der Waals surface area contributed by atoms with E-state index in [4.69, 9.17) is 15.2 Å². The van der Waals surface area contributed by atoms with Crippen molar-refractivity contribution in [3.05, 3.63) is 41.5 Å². The van der Waals surface area contributed by atoms with Gasteiger partial charge in [-0.1, -0.05) is 33.8 Å². The van der Waals surface area contributed by atoms with E-state index < -0.39 is 5.60 Å². The SMILES string of the molecule is CC(C)(C)O.CO.Cc1ncc(-c2ccc(CCC(C)C)nc2)c(N2CCC(C)(C)CC2)c1CC=O. The summed E-state index contributed by atoms with van der Waals surface area (Å²) in [7, 11) is 1.00. The lowest BCUT2D eigenvalue weighted by Gasteiger charge is -2.40. The minimum atomic E-state index is -0.500. The Bertz CT molecular complexity index is 916. The van der Waals surface area contributed by atoms with Crippen LogP contribution in [-0.4, -0.2) is 52.3 Å². The maximum absolute atomic E-state index is 11.4. The third kappa shape index (κ3) is 10.8. The van der Waals surface area contributed by atoms with Crippen LogP contribution in [0.25, 0.3) is 11.1 Å². The van der Waals surface area contributed by atoms with Gasteiger partial charge in [0.1, 0.15) is 6.29 Å². The minimum absolute atomic E-state index is 0.378. The number of aldehydes is 1. The number of rotatable bonds is 7. The molecular formula is C30H49N3O3. The molecule has 0 aliphatic carbocycles. The van der Waals surface area contributed by atoms with Gasteiger partial charge in [-0.15, -0.1) is 0 Å². The minimum Gasteiger partial charge on any atom is -0.400 e. The van der Waals surface area contributed by atoms with Gasteiger partial charge in [-0.25, -0.2) is 0 Å². The molecule has 1 aliphatic heterocycles. The van der Waals surface area contributed by atoms with Gasteiger partial charge in [-0.2, -0.15) is 0 Å². The lowest BCUT2D eigenvalue weighted by atomic mass is 9.82. The van der Waals surface area contributed by atoms with E-state index in [0.29, 0.717) is 17.8 Å². The molecule has 2 N–H and O–H groups in total. The molecule has 3 heterocycles. The van der Waals surface area contributed by atoms with E-state index in [-0.39, 0.29) is 0 Å². The van der Waals surface area contributed by atoms with Crippen LogP contribution in [0.3, 0.4) is 0 Å². The molecule has 202 valence electrons. The van der Waals surface area contributed by atoms with Crippen LogP contribution in [0, 0.1) is 18.3 Å². The van der Waals surface area contributed by atoms with Crippen LogP contribution >= 0.6 is 0 Å². The predicted octanol–water partition coefficient (Wildman–Crippen LogP) is 5.79. The molecule has 0 saturated carbocycles. The van der Waals surface area contributed by atoms with Crippen LogP contribution in [0.2, 0.25) is 0 Å². The number of anilines is 1. The third-order valence-electron chi connectivity index (χ3n) is 6.20. The fourth-order valence-corrected chi connectivity index (χ4v) is 4.04. The van der Waals surface area contributed by atoms with E-state index >= 15 is 0 Å². The van der Waals surface area contributed by atoms with Crippen molar-refractivity contribution in [1.29, 1.82) is 0 Å². The van der Waals surface area contributed by atoms with Gasteiger partial charge >= 0.3 is 0 Å². The highest BCUT2D eigenvalue weighted by atomic mass is 16.3. The largest absolute Gasteiger partial charge is 0.400 e. The van der Waals surface area contributed by atoms with Crippen LogP contribution in [0.5, 0.6) is 0 Å². The molecule has 1 fully saturated rings. The van der Waals surface area contributed by atoms with Crippen molar-refractivity contribution in [2.75, 3.05) is 25.1 Å².